The van der Waals surface area contributed by atoms with Gasteiger partial charge in [-0.2, -0.15) is 5.10 Å². The van der Waals surface area contributed by atoms with Crippen molar-refractivity contribution < 1.29 is 9.53 Å². The fraction of sp³-hybridized carbons (Fsp3) is 0.111. The third-order valence-corrected chi connectivity index (χ3v) is 4.04. The molecule has 0 aliphatic heterocycles. The van der Waals surface area contributed by atoms with Crippen molar-refractivity contribution in [3.05, 3.63) is 70.9 Å². The highest BCUT2D eigenvalue weighted by molar-refractivity contribution is 6.35. The van der Waals surface area contributed by atoms with Crippen LogP contribution < -0.4 is 4.74 Å². The van der Waals surface area contributed by atoms with Crippen LogP contribution >= 0.6 is 11.6 Å². The third-order valence-electron chi connectivity index (χ3n) is 3.60. The predicted octanol–water partition coefficient (Wildman–Crippen LogP) is 3.98. The predicted molar refractivity (Wildman–Crippen MR) is 90.1 cm³/mol. The highest BCUT2D eigenvalue weighted by atomic mass is 35.5. The SMILES string of the molecule is COc1ccccc1C(=O)c1c(-c2ccccc2)nn(C)c1Cl. The van der Waals surface area contributed by atoms with Crippen molar-refractivity contribution in [3.8, 4) is 17.0 Å². The number of ether oxygens (including phenoxy) is 1. The molecule has 0 aliphatic carbocycles. The van der Waals surface area contributed by atoms with Gasteiger partial charge in [0.05, 0.1) is 18.2 Å². The average Bonchev–Trinajstić information content (AvgIpc) is 2.90. The molecule has 0 fully saturated rings. The van der Waals surface area contributed by atoms with Gasteiger partial charge >= 0.3 is 0 Å². The first-order valence-corrected chi connectivity index (χ1v) is 7.47. The third kappa shape index (κ3) is 2.73. The molecule has 0 saturated heterocycles. The van der Waals surface area contributed by atoms with E-state index in [0.717, 1.165) is 5.56 Å². The maximum Gasteiger partial charge on any atom is 0.202 e. The van der Waals surface area contributed by atoms with Crippen molar-refractivity contribution in [1.29, 1.82) is 0 Å². The summed E-state index contributed by atoms with van der Waals surface area (Å²) in [7, 11) is 3.25. The Morgan fingerprint density at radius 3 is 2.43 bits per heavy atom. The second-order valence-electron chi connectivity index (χ2n) is 5.03. The van der Waals surface area contributed by atoms with Gasteiger partial charge in [-0.15, -0.1) is 0 Å². The summed E-state index contributed by atoms with van der Waals surface area (Å²) in [5.74, 6) is 0.302. The van der Waals surface area contributed by atoms with E-state index in [1.165, 1.54) is 11.8 Å². The molecule has 0 saturated carbocycles. The van der Waals surface area contributed by atoms with Crippen LogP contribution in [0.15, 0.2) is 54.6 Å². The largest absolute Gasteiger partial charge is 0.496 e. The van der Waals surface area contributed by atoms with Crippen molar-refractivity contribution in [3.63, 3.8) is 0 Å². The zero-order valence-corrected chi connectivity index (χ0v) is 13.5. The van der Waals surface area contributed by atoms with Gasteiger partial charge in [-0.05, 0) is 12.1 Å². The lowest BCUT2D eigenvalue weighted by Gasteiger charge is -2.08. The number of nitrogens with zero attached hydrogens (tertiary/aromatic N) is 2. The molecule has 0 aliphatic rings. The van der Waals surface area contributed by atoms with Gasteiger partial charge in [0.15, 0.2) is 0 Å². The van der Waals surface area contributed by atoms with E-state index in [4.69, 9.17) is 16.3 Å². The summed E-state index contributed by atoms with van der Waals surface area (Å²) in [5, 5.41) is 4.71. The number of hydrogen-bond acceptors (Lipinski definition) is 3. The molecule has 0 spiro atoms. The summed E-state index contributed by atoms with van der Waals surface area (Å²) < 4.78 is 6.80. The van der Waals surface area contributed by atoms with Crippen LogP contribution in [0.5, 0.6) is 5.75 Å². The highest BCUT2D eigenvalue weighted by Gasteiger charge is 2.25. The smallest absolute Gasteiger partial charge is 0.202 e. The van der Waals surface area contributed by atoms with Crippen molar-refractivity contribution in [1.82, 2.24) is 9.78 Å². The number of rotatable bonds is 4. The Kier molecular flexibility index (Phi) is 4.17. The first kappa shape index (κ1) is 15.3. The zero-order valence-electron chi connectivity index (χ0n) is 12.8. The standard InChI is InChI=1S/C18H15ClN2O2/c1-21-18(19)15(16(20-21)12-8-4-3-5-9-12)17(22)13-10-6-7-11-14(13)23-2/h3-11H,1-2H3. The van der Waals surface area contributed by atoms with E-state index >= 15 is 0 Å². The number of para-hydroxylation sites is 1. The monoisotopic (exact) mass is 326 g/mol. The molecule has 0 bridgehead atoms. The van der Waals surface area contributed by atoms with Crippen LogP contribution in [-0.4, -0.2) is 22.7 Å². The number of methoxy groups -OCH3 is 1. The molecule has 0 N–H and O–H groups in total. The Morgan fingerprint density at radius 1 is 1.09 bits per heavy atom. The van der Waals surface area contributed by atoms with Crippen LogP contribution in [0.1, 0.15) is 15.9 Å². The van der Waals surface area contributed by atoms with Crippen molar-refractivity contribution >= 4 is 17.4 Å². The highest BCUT2D eigenvalue weighted by Crippen LogP contribution is 2.32. The van der Waals surface area contributed by atoms with Crippen LogP contribution in [0, 0.1) is 0 Å². The van der Waals surface area contributed by atoms with Crippen molar-refractivity contribution in [2.24, 2.45) is 7.05 Å². The van der Waals surface area contributed by atoms with E-state index < -0.39 is 0 Å². The fourth-order valence-electron chi connectivity index (χ4n) is 2.47. The maximum absolute atomic E-state index is 13.0. The van der Waals surface area contributed by atoms with Crippen LogP contribution in [-0.2, 0) is 7.05 Å². The minimum absolute atomic E-state index is 0.209. The lowest BCUT2D eigenvalue weighted by atomic mass is 9.99. The molecule has 0 radical (unpaired) electrons. The summed E-state index contributed by atoms with van der Waals surface area (Å²) in [5.41, 5.74) is 2.24. The first-order chi connectivity index (χ1) is 11.1. The second kappa shape index (κ2) is 6.26. The zero-order chi connectivity index (χ0) is 16.4. The van der Waals surface area contributed by atoms with E-state index in [9.17, 15) is 4.79 Å². The van der Waals surface area contributed by atoms with E-state index in [2.05, 4.69) is 5.10 Å². The van der Waals surface area contributed by atoms with Gasteiger partial charge in [-0.1, -0.05) is 54.1 Å². The lowest BCUT2D eigenvalue weighted by molar-refractivity contribution is 0.103. The summed E-state index contributed by atoms with van der Waals surface area (Å²) in [6.45, 7) is 0. The summed E-state index contributed by atoms with van der Waals surface area (Å²) in [6, 6.07) is 16.6. The number of halogens is 1. The molecular weight excluding hydrogens is 312 g/mol. The first-order valence-electron chi connectivity index (χ1n) is 7.09. The quantitative estimate of drug-likeness (QED) is 0.681. The number of aryl methyl sites for hydroxylation is 1. The maximum atomic E-state index is 13.0. The Balaban J connectivity index is 2.18. The molecule has 23 heavy (non-hydrogen) atoms. The Labute approximate surface area is 139 Å². The second-order valence-corrected chi connectivity index (χ2v) is 5.39. The molecule has 0 unspecified atom stereocenters. The van der Waals surface area contributed by atoms with E-state index in [-0.39, 0.29) is 5.78 Å². The van der Waals surface area contributed by atoms with E-state index in [1.54, 1.807) is 25.2 Å². The van der Waals surface area contributed by atoms with Crippen LogP contribution in [0.2, 0.25) is 5.15 Å². The molecule has 1 aromatic heterocycles. The summed E-state index contributed by atoms with van der Waals surface area (Å²) in [6.07, 6.45) is 0. The molecule has 116 valence electrons. The summed E-state index contributed by atoms with van der Waals surface area (Å²) >= 11 is 6.34. The normalized spacial score (nSPS) is 10.6. The molecular formula is C18H15ClN2O2. The van der Waals surface area contributed by atoms with Gasteiger partial charge in [-0.3, -0.25) is 9.48 Å². The van der Waals surface area contributed by atoms with Crippen LogP contribution in [0.25, 0.3) is 11.3 Å². The summed E-state index contributed by atoms with van der Waals surface area (Å²) in [4.78, 5) is 13.0. The molecule has 0 amide bonds. The van der Waals surface area contributed by atoms with Gasteiger partial charge in [0.1, 0.15) is 16.6 Å². The minimum Gasteiger partial charge on any atom is -0.496 e. The molecule has 3 aromatic rings. The molecule has 2 aromatic carbocycles. The van der Waals surface area contributed by atoms with Crippen LogP contribution in [0.3, 0.4) is 0 Å². The van der Waals surface area contributed by atoms with Crippen LogP contribution in [0.4, 0.5) is 0 Å². The van der Waals surface area contributed by atoms with Gasteiger partial charge < -0.3 is 4.74 Å². The van der Waals surface area contributed by atoms with Gasteiger partial charge in [0, 0.05) is 12.6 Å². The van der Waals surface area contributed by atoms with Crippen molar-refractivity contribution in [2.75, 3.05) is 7.11 Å². The molecule has 1 heterocycles. The topological polar surface area (TPSA) is 44.1 Å². The molecule has 3 rings (SSSR count). The Hall–Kier alpha value is -2.59. The number of carbonyl (C=O) groups excluding carboxylic acids is 1. The average molecular weight is 327 g/mol. The minimum atomic E-state index is -0.209. The Morgan fingerprint density at radius 2 is 1.74 bits per heavy atom. The number of ketones is 1. The van der Waals surface area contributed by atoms with E-state index in [1.807, 2.05) is 36.4 Å². The van der Waals surface area contributed by atoms with Gasteiger partial charge in [0.2, 0.25) is 5.78 Å². The number of carbonyl (C=O) groups is 1. The molecule has 0 atom stereocenters. The number of aromatic nitrogens is 2. The van der Waals surface area contributed by atoms with E-state index in [0.29, 0.717) is 27.7 Å². The molecule has 4 nitrogen and oxygen atoms in total. The van der Waals surface area contributed by atoms with Gasteiger partial charge in [0.25, 0.3) is 0 Å². The Bertz CT molecular complexity index is 857. The lowest BCUT2D eigenvalue weighted by Crippen LogP contribution is -2.05. The van der Waals surface area contributed by atoms with Crippen molar-refractivity contribution in [2.45, 2.75) is 0 Å². The number of benzene rings is 2. The molecule has 5 heteroatoms. The number of hydrogen-bond donors (Lipinski definition) is 0. The fourth-order valence-corrected chi connectivity index (χ4v) is 2.68. The van der Waals surface area contributed by atoms with Gasteiger partial charge in [-0.25, -0.2) is 0 Å².